The van der Waals surface area contributed by atoms with E-state index in [9.17, 15) is 0 Å². The zero-order chi connectivity index (χ0) is 10.8. The smallest absolute Gasteiger partial charge is 0.0474 e. The van der Waals surface area contributed by atoms with Crippen LogP contribution in [0.5, 0.6) is 0 Å². The van der Waals surface area contributed by atoms with Gasteiger partial charge in [-0.1, -0.05) is 19.1 Å². The second kappa shape index (κ2) is 4.44. The summed E-state index contributed by atoms with van der Waals surface area (Å²) in [4.78, 5) is 2.34. The first-order valence-corrected chi connectivity index (χ1v) is 6.10. The monoisotopic (exact) mass is 223 g/mol. The molecule has 2 heteroatoms. The Morgan fingerprint density at radius 3 is 2.40 bits per heavy atom. The Morgan fingerprint density at radius 2 is 1.93 bits per heavy atom. The minimum absolute atomic E-state index is 0.601. The fourth-order valence-electron chi connectivity index (χ4n) is 1.95. The van der Waals surface area contributed by atoms with E-state index in [1.165, 1.54) is 24.2 Å². The summed E-state index contributed by atoms with van der Waals surface area (Å²) in [5.74, 6) is 2.43. The Hall–Kier alpha value is -0.690. The highest BCUT2D eigenvalue weighted by Gasteiger charge is 2.33. The molecule has 1 aliphatic carbocycles. The van der Waals surface area contributed by atoms with Crippen molar-refractivity contribution in [3.05, 3.63) is 29.8 Å². The molecule has 1 aromatic carbocycles. The van der Waals surface area contributed by atoms with Crippen molar-refractivity contribution in [1.29, 1.82) is 0 Å². The van der Waals surface area contributed by atoms with E-state index in [1.54, 1.807) is 0 Å². The van der Waals surface area contributed by atoms with Crippen LogP contribution >= 0.6 is 11.6 Å². The third-order valence-corrected chi connectivity index (χ3v) is 3.62. The Bertz CT molecular complexity index is 320. The molecule has 0 saturated heterocycles. The molecule has 1 aliphatic rings. The number of rotatable bonds is 4. The lowest BCUT2D eigenvalue weighted by molar-refractivity contribution is 0.725. The lowest BCUT2D eigenvalue weighted by atomic mass is 10.2. The van der Waals surface area contributed by atoms with Gasteiger partial charge in [-0.05, 0) is 36.0 Å². The summed E-state index contributed by atoms with van der Waals surface area (Å²) in [7, 11) is 2.17. The predicted octanol–water partition coefficient (Wildman–Crippen LogP) is 3.52. The van der Waals surface area contributed by atoms with Gasteiger partial charge in [-0.3, -0.25) is 0 Å². The highest BCUT2D eigenvalue weighted by molar-refractivity contribution is 6.17. The van der Waals surface area contributed by atoms with Crippen LogP contribution < -0.4 is 4.90 Å². The minimum atomic E-state index is 0.601. The van der Waals surface area contributed by atoms with Crippen LogP contribution in [0, 0.1) is 11.8 Å². The van der Waals surface area contributed by atoms with Crippen molar-refractivity contribution >= 4 is 17.3 Å². The fraction of sp³-hybridized carbons (Fsp3) is 0.538. The highest BCUT2D eigenvalue weighted by atomic mass is 35.5. The largest absolute Gasteiger partial charge is 0.374 e. The molecule has 1 saturated carbocycles. The van der Waals surface area contributed by atoms with Crippen molar-refractivity contribution in [2.75, 3.05) is 18.5 Å². The molecule has 1 aromatic rings. The van der Waals surface area contributed by atoms with Crippen molar-refractivity contribution in [3.8, 4) is 0 Å². The molecular weight excluding hydrogens is 206 g/mol. The van der Waals surface area contributed by atoms with Gasteiger partial charge in [-0.15, -0.1) is 11.6 Å². The van der Waals surface area contributed by atoms with Crippen LogP contribution in [0.25, 0.3) is 0 Å². The molecule has 0 heterocycles. The van der Waals surface area contributed by atoms with E-state index in [4.69, 9.17) is 11.6 Å². The van der Waals surface area contributed by atoms with Gasteiger partial charge in [0.1, 0.15) is 0 Å². The van der Waals surface area contributed by atoms with Gasteiger partial charge in [0.25, 0.3) is 0 Å². The van der Waals surface area contributed by atoms with E-state index < -0.39 is 0 Å². The molecule has 1 nitrogen and oxygen atoms in total. The summed E-state index contributed by atoms with van der Waals surface area (Å²) >= 11 is 5.76. The summed E-state index contributed by atoms with van der Waals surface area (Å²) < 4.78 is 0. The number of halogens is 1. The number of hydrogen-bond acceptors (Lipinski definition) is 1. The van der Waals surface area contributed by atoms with Crippen molar-refractivity contribution < 1.29 is 0 Å². The molecule has 15 heavy (non-hydrogen) atoms. The van der Waals surface area contributed by atoms with Crippen molar-refractivity contribution in [2.24, 2.45) is 11.8 Å². The molecule has 2 unspecified atom stereocenters. The molecular formula is C13H18ClN. The molecule has 2 atom stereocenters. The second-order valence-electron chi connectivity index (χ2n) is 4.65. The Labute approximate surface area is 97.0 Å². The average molecular weight is 224 g/mol. The Kier molecular flexibility index (Phi) is 3.20. The number of benzene rings is 1. The minimum Gasteiger partial charge on any atom is -0.374 e. The summed E-state index contributed by atoms with van der Waals surface area (Å²) in [6.45, 7) is 3.51. The molecule has 0 aliphatic heterocycles. The topological polar surface area (TPSA) is 3.24 Å². The van der Waals surface area contributed by atoms with Gasteiger partial charge in [-0.2, -0.15) is 0 Å². The lowest BCUT2D eigenvalue weighted by Gasteiger charge is -2.19. The molecule has 1 fully saturated rings. The normalized spacial score (nSPS) is 23.9. The van der Waals surface area contributed by atoms with Gasteiger partial charge >= 0.3 is 0 Å². The van der Waals surface area contributed by atoms with Gasteiger partial charge in [0, 0.05) is 25.2 Å². The first kappa shape index (κ1) is 10.8. The summed E-state index contributed by atoms with van der Waals surface area (Å²) in [6.07, 6.45) is 1.39. The maximum Gasteiger partial charge on any atom is 0.0474 e. The summed E-state index contributed by atoms with van der Waals surface area (Å²) in [6, 6.07) is 8.53. The summed E-state index contributed by atoms with van der Waals surface area (Å²) in [5.41, 5.74) is 2.48. The third-order valence-electron chi connectivity index (χ3n) is 3.32. The first-order valence-electron chi connectivity index (χ1n) is 5.56. The Morgan fingerprint density at radius 1 is 1.33 bits per heavy atom. The van der Waals surface area contributed by atoms with Gasteiger partial charge < -0.3 is 4.90 Å². The number of anilines is 1. The standard InChI is InChI=1S/C13H18ClN/c1-10-7-12(10)9-15(2)13-5-3-11(8-14)4-6-13/h3-6,10,12H,7-9H2,1-2H3. The quantitative estimate of drug-likeness (QED) is 0.706. The van der Waals surface area contributed by atoms with E-state index >= 15 is 0 Å². The molecule has 0 N–H and O–H groups in total. The van der Waals surface area contributed by atoms with E-state index in [-0.39, 0.29) is 0 Å². The number of nitrogens with zero attached hydrogens (tertiary/aromatic N) is 1. The number of alkyl halides is 1. The SMILES string of the molecule is CC1CC1CN(C)c1ccc(CCl)cc1. The zero-order valence-electron chi connectivity index (χ0n) is 9.41. The van der Waals surface area contributed by atoms with E-state index in [2.05, 4.69) is 43.1 Å². The van der Waals surface area contributed by atoms with Gasteiger partial charge in [0.2, 0.25) is 0 Å². The van der Waals surface area contributed by atoms with Crippen LogP contribution in [-0.2, 0) is 5.88 Å². The maximum absolute atomic E-state index is 5.76. The molecule has 0 bridgehead atoms. The van der Waals surface area contributed by atoms with Crippen LogP contribution in [0.1, 0.15) is 18.9 Å². The van der Waals surface area contributed by atoms with Crippen LogP contribution in [0.15, 0.2) is 24.3 Å². The van der Waals surface area contributed by atoms with Crippen molar-refractivity contribution in [3.63, 3.8) is 0 Å². The zero-order valence-corrected chi connectivity index (χ0v) is 10.2. The van der Waals surface area contributed by atoms with Crippen LogP contribution in [0.2, 0.25) is 0 Å². The van der Waals surface area contributed by atoms with Crippen molar-refractivity contribution in [2.45, 2.75) is 19.2 Å². The first-order chi connectivity index (χ1) is 7.20. The van der Waals surface area contributed by atoms with E-state index in [1.807, 2.05) is 0 Å². The van der Waals surface area contributed by atoms with Gasteiger partial charge in [0.15, 0.2) is 0 Å². The van der Waals surface area contributed by atoms with Crippen LogP contribution in [-0.4, -0.2) is 13.6 Å². The molecule has 2 rings (SSSR count). The second-order valence-corrected chi connectivity index (χ2v) is 4.92. The molecule has 82 valence electrons. The average Bonchev–Trinajstić information content (AvgIpc) is 2.94. The third kappa shape index (κ3) is 2.66. The lowest BCUT2D eigenvalue weighted by Crippen LogP contribution is -2.20. The maximum atomic E-state index is 5.76. The van der Waals surface area contributed by atoms with Gasteiger partial charge in [0.05, 0.1) is 0 Å². The molecule has 0 radical (unpaired) electrons. The highest BCUT2D eigenvalue weighted by Crippen LogP contribution is 2.38. The number of hydrogen-bond donors (Lipinski definition) is 0. The van der Waals surface area contributed by atoms with Crippen molar-refractivity contribution in [1.82, 2.24) is 0 Å². The predicted molar refractivity (Wildman–Crippen MR) is 66.5 cm³/mol. The summed E-state index contributed by atoms with van der Waals surface area (Å²) in [5, 5.41) is 0. The van der Waals surface area contributed by atoms with E-state index in [0.717, 1.165) is 11.8 Å². The fourth-order valence-corrected chi connectivity index (χ4v) is 2.13. The van der Waals surface area contributed by atoms with Crippen LogP contribution in [0.4, 0.5) is 5.69 Å². The molecule has 0 spiro atoms. The van der Waals surface area contributed by atoms with Crippen LogP contribution in [0.3, 0.4) is 0 Å². The molecule has 0 aromatic heterocycles. The Balaban J connectivity index is 1.95. The molecule has 0 amide bonds. The van der Waals surface area contributed by atoms with Gasteiger partial charge in [-0.25, -0.2) is 0 Å². The van der Waals surface area contributed by atoms with E-state index in [0.29, 0.717) is 5.88 Å².